The zero-order valence-corrected chi connectivity index (χ0v) is 50.3. The van der Waals surface area contributed by atoms with Crippen LogP contribution in [-0.2, 0) is 52.9 Å². The minimum absolute atomic E-state index is 0.133. The second-order valence-corrected chi connectivity index (χ2v) is 24.3. The Morgan fingerprint density at radius 3 is 1.23 bits per heavy atom. The van der Waals surface area contributed by atoms with E-state index < -0.39 is 0 Å². The predicted octanol–water partition coefficient (Wildman–Crippen LogP) is 9.44. The molecule has 7 N–H and O–H groups in total. The number of aromatic nitrogens is 6. The number of nitrogens with zero attached hydrogens (tertiary/aromatic N) is 9. The number of hydrogen-bond acceptors (Lipinski definition) is 16. The highest BCUT2D eigenvalue weighted by atomic mass is 16.5. The Hall–Kier alpha value is -7.52. The van der Waals surface area contributed by atoms with Crippen molar-refractivity contribution in [3.8, 4) is 34.2 Å². The van der Waals surface area contributed by atoms with Gasteiger partial charge in [0, 0.05) is 100 Å². The molecule has 0 bridgehead atoms. The zero-order chi connectivity index (χ0) is 58.9. The number of benzene rings is 3. The minimum atomic E-state index is -0.142. The molecule has 20 nitrogen and oxygen atoms in total. The van der Waals surface area contributed by atoms with E-state index in [4.69, 9.17) is 49.8 Å². The number of aryl methyl sites for hydroxylation is 2. The van der Waals surface area contributed by atoms with Gasteiger partial charge in [0.05, 0.1) is 63.5 Å². The molecule has 6 aromatic rings. The van der Waals surface area contributed by atoms with Crippen LogP contribution in [-0.4, -0.2) is 138 Å². The van der Waals surface area contributed by atoms with Gasteiger partial charge in [-0.2, -0.15) is 0 Å². The van der Waals surface area contributed by atoms with Crippen LogP contribution < -0.4 is 47.0 Å². The third-order valence-electron chi connectivity index (χ3n) is 18.0. The third-order valence-corrected chi connectivity index (χ3v) is 18.0. The van der Waals surface area contributed by atoms with Crippen LogP contribution in [0.5, 0.6) is 0 Å². The number of fused-ring (bicyclic) bond motifs is 3. The summed E-state index contributed by atoms with van der Waals surface area (Å²) in [6.07, 6.45) is 16.6. The van der Waals surface area contributed by atoms with Gasteiger partial charge in [0.25, 0.3) is 0 Å². The zero-order valence-electron chi connectivity index (χ0n) is 50.3. The van der Waals surface area contributed by atoms with Crippen LogP contribution in [0.15, 0.2) is 72.8 Å². The Morgan fingerprint density at radius 1 is 0.477 bits per heavy atom. The van der Waals surface area contributed by atoms with Gasteiger partial charge in [0.15, 0.2) is 17.5 Å². The maximum Gasteiger partial charge on any atom is 0.319 e. The highest BCUT2D eigenvalue weighted by molar-refractivity contribution is 5.90. The summed E-state index contributed by atoms with van der Waals surface area (Å²) < 4.78 is 16.9. The lowest BCUT2D eigenvalue weighted by atomic mass is 9.93. The SMILES string of the molecule is C[C@H]1COCCN1c1nc(-c2ccc(N)cc2)nc2c1CCCC2.C[C@H]1COCCN1c1nc(-c2ccc(NC(=O)NC3CCC3)cc2)nc2c1CCCC2.C[C@H]1COCCN1c1nc(-c2ccc(NC(=O)NC3CCC3)cc2)nc2c1CCNC2. The van der Waals surface area contributed by atoms with Gasteiger partial charge < -0.3 is 61.2 Å². The van der Waals surface area contributed by atoms with Crippen molar-refractivity contribution < 1.29 is 23.8 Å². The number of anilines is 6. The van der Waals surface area contributed by atoms with E-state index in [9.17, 15) is 9.59 Å². The van der Waals surface area contributed by atoms with Crippen molar-refractivity contribution >= 4 is 46.6 Å². The largest absolute Gasteiger partial charge is 0.399 e. The maximum atomic E-state index is 12.1. The molecule has 4 aliphatic heterocycles. The molecule has 86 heavy (non-hydrogen) atoms. The van der Waals surface area contributed by atoms with E-state index in [0.29, 0.717) is 24.2 Å². The molecule has 3 aromatic carbocycles. The van der Waals surface area contributed by atoms with E-state index >= 15 is 0 Å². The fourth-order valence-electron chi connectivity index (χ4n) is 12.6. The molecule has 4 amide bonds. The van der Waals surface area contributed by atoms with Crippen LogP contribution in [0, 0.1) is 0 Å². The monoisotopic (exact) mass is 1170 g/mol. The topological polar surface area (TPSA) is 235 Å². The van der Waals surface area contributed by atoms with Crippen LogP contribution in [0.2, 0.25) is 0 Å². The molecule has 8 aliphatic rings. The van der Waals surface area contributed by atoms with E-state index in [1.807, 2.05) is 72.8 Å². The molecule has 20 heteroatoms. The number of carbonyl (C=O) groups is 2. The standard InChI is InChI=1S/C24H31N5O2.C23H30N6O2.C19H24N4O/c1-16-15-31-14-13-29(16)23-20-7-2-3-8-21(20)27-22(28-23)17-9-11-19(12-10-17)26-24(30)25-18-5-4-6-18;1-15-14-31-12-11-29(15)22-19-9-10-24-13-20(19)27-21(28-22)16-5-7-18(8-6-16)26-23(30)25-17-3-2-4-17;1-13-12-24-11-10-23(13)19-16-4-2-3-5-17(16)21-18(22-19)14-6-8-15(20)9-7-14/h9-12,16,18H,2-8,13-15H2,1H3,(H2,25,26,30);5-8,15,17,24H,2-4,9-14H2,1H3,(H2,25,26,30);6-9,13H,2-5,10-12,20H2,1H3/t16-;15-;13-/m000/s1. The summed E-state index contributed by atoms with van der Waals surface area (Å²) in [5.41, 5.74) is 18.5. The van der Waals surface area contributed by atoms with Gasteiger partial charge in [-0.25, -0.2) is 39.5 Å². The van der Waals surface area contributed by atoms with Gasteiger partial charge in [0.1, 0.15) is 17.5 Å². The number of nitrogens with two attached hydrogens (primary N) is 1. The summed E-state index contributed by atoms with van der Waals surface area (Å²) in [7, 11) is 0. The van der Waals surface area contributed by atoms with Gasteiger partial charge in [-0.05, 0) is 196 Å². The fraction of sp³-hybridized carbons (Fsp3) is 0.515. The van der Waals surface area contributed by atoms with Crippen LogP contribution >= 0.6 is 0 Å². The van der Waals surface area contributed by atoms with E-state index in [0.717, 1.165) is 205 Å². The number of morpholine rings is 3. The lowest BCUT2D eigenvalue weighted by molar-refractivity contribution is 0.0983. The number of urea groups is 2. The third kappa shape index (κ3) is 14.0. The van der Waals surface area contributed by atoms with Crippen LogP contribution in [0.4, 0.5) is 44.1 Å². The van der Waals surface area contributed by atoms with Gasteiger partial charge in [-0.15, -0.1) is 0 Å². The smallest absolute Gasteiger partial charge is 0.319 e. The van der Waals surface area contributed by atoms with Gasteiger partial charge in [0.2, 0.25) is 0 Å². The van der Waals surface area contributed by atoms with Gasteiger partial charge in [-0.3, -0.25) is 0 Å². The Balaban J connectivity index is 0.000000127. The number of rotatable bonds is 10. The highest BCUT2D eigenvalue weighted by Crippen LogP contribution is 2.36. The van der Waals surface area contributed by atoms with Crippen molar-refractivity contribution in [2.75, 3.05) is 96.9 Å². The van der Waals surface area contributed by atoms with Crippen molar-refractivity contribution in [2.45, 2.75) is 154 Å². The molecule has 454 valence electrons. The second-order valence-electron chi connectivity index (χ2n) is 24.3. The molecule has 0 radical (unpaired) electrons. The van der Waals surface area contributed by atoms with Crippen molar-refractivity contribution in [2.24, 2.45) is 0 Å². The summed E-state index contributed by atoms with van der Waals surface area (Å²) in [6.45, 7) is 15.3. The average Bonchev–Trinajstić information content (AvgIpc) is 1.81. The number of amides is 4. The predicted molar refractivity (Wildman–Crippen MR) is 338 cm³/mol. The summed E-state index contributed by atoms with van der Waals surface area (Å²) in [5.74, 6) is 5.53. The van der Waals surface area contributed by atoms with Gasteiger partial charge in [-0.1, -0.05) is 0 Å². The normalized spacial score (nSPS) is 21.1. The molecule has 14 rings (SSSR count). The lowest BCUT2D eigenvalue weighted by Gasteiger charge is -2.36. The summed E-state index contributed by atoms with van der Waals surface area (Å²) in [4.78, 5) is 61.1. The lowest BCUT2D eigenvalue weighted by Crippen LogP contribution is -2.45. The number of carbonyl (C=O) groups excluding carboxylic acids is 2. The van der Waals surface area contributed by atoms with Crippen molar-refractivity contribution in [1.82, 2.24) is 45.9 Å². The molecule has 0 unspecified atom stereocenters. The summed E-state index contributed by atoms with van der Waals surface area (Å²) >= 11 is 0. The Morgan fingerprint density at radius 2 is 0.849 bits per heavy atom. The van der Waals surface area contributed by atoms with Crippen LogP contribution in [0.25, 0.3) is 34.2 Å². The number of ether oxygens (including phenoxy) is 3. The molecular formula is C66H85N15O5. The average molecular weight is 1170 g/mol. The molecule has 3 aromatic heterocycles. The molecule has 5 fully saturated rings. The van der Waals surface area contributed by atoms with E-state index in [1.54, 1.807) is 0 Å². The highest BCUT2D eigenvalue weighted by Gasteiger charge is 2.31. The first-order chi connectivity index (χ1) is 42.1. The first-order valence-electron chi connectivity index (χ1n) is 31.7. The van der Waals surface area contributed by atoms with Gasteiger partial charge >= 0.3 is 12.1 Å². The van der Waals surface area contributed by atoms with E-state index in [-0.39, 0.29) is 18.1 Å². The molecule has 2 saturated carbocycles. The van der Waals surface area contributed by atoms with Crippen LogP contribution in [0.1, 0.15) is 119 Å². The molecule has 3 saturated heterocycles. The van der Waals surface area contributed by atoms with E-state index in [1.165, 1.54) is 66.6 Å². The van der Waals surface area contributed by atoms with Crippen molar-refractivity contribution in [3.63, 3.8) is 0 Å². The Labute approximate surface area is 505 Å². The maximum absolute atomic E-state index is 12.1. The first kappa shape index (κ1) is 58.8. The first-order valence-corrected chi connectivity index (χ1v) is 31.7. The fourth-order valence-corrected chi connectivity index (χ4v) is 12.6. The summed E-state index contributed by atoms with van der Waals surface area (Å²) in [6, 6.07) is 24.8. The molecule has 4 aliphatic carbocycles. The molecule has 3 atom stereocenters. The second kappa shape index (κ2) is 27.5. The molecular weight excluding hydrogens is 1080 g/mol. The number of nitrogen functional groups attached to an aromatic ring is 1. The quantitative estimate of drug-likeness (QED) is 0.0701. The minimum Gasteiger partial charge on any atom is -0.399 e. The number of hydrogen-bond donors (Lipinski definition) is 6. The molecule has 7 heterocycles. The van der Waals surface area contributed by atoms with Crippen LogP contribution in [0.3, 0.4) is 0 Å². The van der Waals surface area contributed by atoms with Crippen molar-refractivity contribution in [1.29, 1.82) is 0 Å². The Kier molecular flexibility index (Phi) is 18.8. The molecule has 0 spiro atoms. The van der Waals surface area contributed by atoms with Crippen molar-refractivity contribution in [3.05, 3.63) is 107 Å². The number of nitrogens with one attached hydrogen (secondary N) is 5. The van der Waals surface area contributed by atoms with E-state index in [2.05, 4.69) is 62.1 Å². The Bertz CT molecular complexity index is 3150. The summed E-state index contributed by atoms with van der Waals surface area (Å²) in [5, 5.41) is 15.3.